The van der Waals surface area contributed by atoms with E-state index in [9.17, 15) is 44.9 Å². The highest BCUT2D eigenvalue weighted by atomic mass is 32.1. The third-order valence-electron chi connectivity index (χ3n) is 9.09. The Balaban J connectivity index is 1.40. The zero-order chi connectivity index (χ0) is 33.4. The maximum Gasteiger partial charge on any atom is 0.270 e. The van der Waals surface area contributed by atoms with Crippen molar-refractivity contribution < 1.29 is 39.7 Å². The fraction of sp³-hybridized carbons (Fsp3) is 0.290. The van der Waals surface area contributed by atoms with Crippen LogP contribution in [0.4, 0.5) is 16.5 Å². The number of amides is 1. The first-order chi connectivity index (χ1) is 21.7. The molecule has 1 fully saturated rings. The lowest BCUT2D eigenvalue weighted by molar-refractivity contribution is -0.384. The fourth-order valence-electron chi connectivity index (χ4n) is 7.07. The zero-order valence-corrected chi connectivity index (χ0v) is 25.5. The second-order valence-corrected chi connectivity index (χ2v) is 12.6. The van der Waals surface area contributed by atoms with Crippen LogP contribution < -0.4 is 11.1 Å². The molecule has 1 amide bonds. The number of primary amides is 1. The highest BCUT2D eigenvalue weighted by Crippen LogP contribution is 2.55. The number of thiazole rings is 1. The van der Waals surface area contributed by atoms with Crippen LogP contribution in [0.25, 0.3) is 17.0 Å². The molecule has 14 nitrogen and oxygen atoms in total. The van der Waals surface area contributed by atoms with Gasteiger partial charge in [-0.05, 0) is 31.6 Å². The van der Waals surface area contributed by atoms with Crippen LogP contribution in [-0.4, -0.2) is 78.9 Å². The Morgan fingerprint density at radius 1 is 1.13 bits per heavy atom. The highest BCUT2D eigenvalue weighted by molar-refractivity contribution is 7.14. The maximum atomic E-state index is 14.1. The number of ketones is 2. The van der Waals surface area contributed by atoms with Crippen molar-refractivity contribution in [2.24, 2.45) is 23.5 Å². The van der Waals surface area contributed by atoms with Crippen LogP contribution >= 0.6 is 11.3 Å². The van der Waals surface area contributed by atoms with E-state index in [1.165, 1.54) is 28.4 Å². The van der Waals surface area contributed by atoms with Crippen LogP contribution in [0.2, 0.25) is 0 Å². The van der Waals surface area contributed by atoms with Crippen molar-refractivity contribution in [3.8, 4) is 17.0 Å². The average Bonchev–Trinajstić information content (AvgIpc) is 3.46. The number of nitrogens with zero attached hydrogens (tertiary/aromatic N) is 3. The normalized spacial score (nSPS) is 25.7. The van der Waals surface area contributed by atoms with Crippen molar-refractivity contribution in [3.05, 3.63) is 79.9 Å². The first kappa shape index (κ1) is 30.9. The van der Waals surface area contributed by atoms with Gasteiger partial charge in [-0.15, -0.1) is 11.3 Å². The van der Waals surface area contributed by atoms with Crippen molar-refractivity contribution in [1.29, 1.82) is 0 Å². The first-order valence-corrected chi connectivity index (χ1v) is 15.0. The van der Waals surface area contributed by atoms with Gasteiger partial charge in [-0.1, -0.05) is 25.1 Å². The Hall–Kier alpha value is -5.12. The van der Waals surface area contributed by atoms with E-state index in [4.69, 9.17) is 5.73 Å². The molecule has 0 aliphatic heterocycles. The number of hydrogen-bond acceptors (Lipinski definition) is 13. The molecule has 6 atom stereocenters. The lowest BCUT2D eigenvalue weighted by Crippen LogP contribution is -2.61. The number of carbonyl (C=O) groups excluding carboxylic acids is 3. The number of Topliss-reactive ketones (excluding diaryl/α,β-unsaturated/α-hetero) is 2. The molecule has 0 radical (unpaired) electrons. The number of hydrogen-bond donors (Lipinski definition) is 6. The van der Waals surface area contributed by atoms with Crippen LogP contribution in [0.5, 0.6) is 5.75 Å². The highest BCUT2D eigenvalue weighted by Gasteiger charge is 2.60. The summed E-state index contributed by atoms with van der Waals surface area (Å²) in [7, 11) is 3.13. The Labute approximate surface area is 265 Å². The SMILES string of the molecule is CC1c2ccc(Nc3nc(-c4cccc([N+](=O)[O-])c4)cs3)c(O)c2C(O)=C2C(=O)C3C(=O)C(C(N)=O)=C(O)C(N(C)C)C3C(O)C21. The summed E-state index contributed by atoms with van der Waals surface area (Å²) < 4.78 is 0. The number of nitro groups is 1. The number of nitrogens with one attached hydrogen (secondary N) is 1. The number of nitro benzene ring substituents is 1. The van der Waals surface area contributed by atoms with Gasteiger partial charge in [-0.3, -0.25) is 29.4 Å². The molecule has 15 heteroatoms. The van der Waals surface area contributed by atoms with Gasteiger partial charge in [0.25, 0.3) is 11.6 Å². The van der Waals surface area contributed by atoms with Gasteiger partial charge in [-0.25, -0.2) is 4.98 Å². The van der Waals surface area contributed by atoms with Crippen molar-refractivity contribution in [1.82, 2.24) is 9.88 Å². The number of benzene rings is 2. The fourth-order valence-corrected chi connectivity index (χ4v) is 7.80. The molecule has 3 aliphatic carbocycles. The van der Waals surface area contributed by atoms with Gasteiger partial charge in [-0.2, -0.15) is 0 Å². The van der Waals surface area contributed by atoms with Crippen LogP contribution in [-0.2, 0) is 14.4 Å². The topological polar surface area (TPSA) is 229 Å². The molecule has 1 saturated carbocycles. The number of non-ortho nitro benzene ring substituents is 1. The molecular formula is C31H29N5O9S. The molecule has 6 unspecified atom stereocenters. The minimum absolute atomic E-state index is 0.0702. The summed E-state index contributed by atoms with van der Waals surface area (Å²) in [6.07, 6.45) is -1.42. The summed E-state index contributed by atoms with van der Waals surface area (Å²) in [5.41, 5.74) is 5.77. The maximum absolute atomic E-state index is 14.1. The smallest absolute Gasteiger partial charge is 0.270 e. The molecule has 6 rings (SSSR count). The van der Waals surface area contributed by atoms with Gasteiger partial charge in [0, 0.05) is 40.5 Å². The predicted molar refractivity (Wildman–Crippen MR) is 166 cm³/mol. The molecular weight excluding hydrogens is 618 g/mol. The summed E-state index contributed by atoms with van der Waals surface area (Å²) in [4.78, 5) is 56.3. The number of fused-ring (bicyclic) bond motifs is 3. The van der Waals surface area contributed by atoms with E-state index in [2.05, 4.69) is 10.3 Å². The van der Waals surface area contributed by atoms with Crippen LogP contribution in [0.1, 0.15) is 24.0 Å². The van der Waals surface area contributed by atoms with Crippen LogP contribution in [0.15, 0.2) is 58.7 Å². The Kier molecular flexibility index (Phi) is 7.42. The molecule has 0 bridgehead atoms. The summed E-state index contributed by atoms with van der Waals surface area (Å²) in [5, 5.41) is 61.7. The number of phenolic OH excluding ortho intramolecular Hbond substituents is 1. The van der Waals surface area contributed by atoms with Crippen molar-refractivity contribution in [2.45, 2.75) is 25.0 Å². The molecule has 0 spiro atoms. The molecule has 3 aliphatic rings. The third kappa shape index (κ3) is 4.54. The molecule has 238 valence electrons. The van der Waals surface area contributed by atoms with Gasteiger partial charge < -0.3 is 31.5 Å². The van der Waals surface area contributed by atoms with Crippen molar-refractivity contribution >= 4 is 51.1 Å². The van der Waals surface area contributed by atoms with Crippen LogP contribution in [0, 0.1) is 27.9 Å². The minimum atomic E-state index is -1.62. The van der Waals surface area contributed by atoms with E-state index in [1.807, 2.05) is 0 Å². The molecule has 2 aromatic carbocycles. The number of aliphatic hydroxyl groups is 3. The summed E-state index contributed by atoms with van der Waals surface area (Å²) in [5.74, 6) is -9.17. The van der Waals surface area contributed by atoms with Gasteiger partial charge in [0.1, 0.15) is 22.8 Å². The van der Waals surface area contributed by atoms with Gasteiger partial charge in [0.2, 0.25) is 0 Å². The molecule has 1 heterocycles. The van der Waals surface area contributed by atoms with Crippen LogP contribution in [0.3, 0.4) is 0 Å². The van der Waals surface area contributed by atoms with E-state index in [1.54, 1.807) is 50.7 Å². The van der Waals surface area contributed by atoms with Gasteiger partial charge >= 0.3 is 0 Å². The predicted octanol–water partition coefficient (Wildman–Crippen LogP) is 3.16. The van der Waals surface area contributed by atoms with E-state index >= 15 is 0 Å². The van der Waals surface area contributed by atoms with Crippen molar-refractivity contribution in [3.63, 3.8) is 0 Å². The minimum Gasteiger partial charge on any atom is -0.510 e. The number of nitrogens with two attached hydrogens (primary N) is 1. The summed E-state index contributed by atoms with van der Waals surface area (Å²) >= 11 is 1.17. The molecule has 7 N–H and O–H groups in total. The average molecular weight is 648 g/mol. The summed E-state index contributed by atoms with van der Waals surface area (Å²) in [6.45, 7) is 1.71. The second kappa shape index (κ2) is 11.0. The first-order valence-electron chi connectivity index (χ1n) is 14.2. The van der Waals surface area contributed by atoms with Gasteiger partial charge in [0.05, 0.1) is 39.9 Å². The van der Waals surface area contributed by atoms with E-state index in [0.717, 1.165) is 0 Å². The van der Waals surface area contributed by atoms with Gasteiger partial charge in [0.15, 0.2) is 16.7 Å². The molecule has 46 heavy (non-hydrogen) atoms. The summed E-state index contributed by atoms with van der Waals surface area (Å²) in [6, 6.07) is 8.06. The second-order valence-electron chi connectivity index (χ2n) is 11.8. The molecule has 1 aromatic heterocycles. The largest absolute Gasteiger partial charge is 0.510 e. The molecule has 3 aromatic rings. The van der Waals surface area contributed by atoms with E-state index in [0.29, 0.717) is 22.0 Å². The number of anilines is 2. The lowest BCUT2D eigenvalue weighted by atomic mass is 9.56. The quantitative estimate of drug-likeness (QED) is 0.0745. The number of phenols is 1. The Bertz CT molecular complexity index is 1920. The zero-order valence-electron chi connectivity index (χ0n) is 24.7. The number of aliphatic hydroxyl groups excluding tert-OH is 3. The molecule has 0 saturated heterocycles. The number of aromatic hydroxyl groups is 1. The monoisotopic (exact) mass is 647 g/mol. The number of likely N-dealkylation sites (N-methyl/N-ethyl adjacent to an activating group) is 1. The number of carbonyl (C=O) groups is 3. The van der Waals surface area contributed by atoms with E-state index < -0.39 is 81.1 Å². The lowest BCUT2D eigenvalue weighted by Gasteiger charge is -2.50. The Morgan fingerprint density at radius 2 is 1.85 bits per heavy atom. The number of rotatable bonds is 6. The van der Waals surface area contributed by atoms with E-state index in [-0.39, 0.29) is 22.5 Å². The Morgan fingerprint density at radius 3 is 2.50 bits per heavy atom. The standard InChI is InChI=1S/C31H29N5O9S/c1-11-14-7-8-15(33-31-34-16(10-46-31)12-5-4-6-13(9-12)36(44)45)24(37)18(14)26(39)20-17(11)25(38)19-21(27(20)40)28(41)22(30(32)43)29(42)23(19)35(2)3/h4-11,17,19,21,23,25,37-39,42H,1-3H3,(H2,32,43)(H,33,34). The number of aromatic nitrogens is 1. The third-order valence-corrected chi connectivity index (χ3v) is 9.85. The van der Waals surface area contributed by atoms with Crippen molar-refractivity contribution in [2.75, 3.05) is 19.4 Å².